The Bertz CT molecular complexity index is 547. The molecule has 2 aromatic heterocycles. The molecule has 2 rings (SSSR count). The Balaban J connectivity index is 1.99. The predicted molar refractivity (Wildman–Crippen MR) is 67.2 cm³/mol. The molecule has 2 aromatic rings. The third-order valence-electron chi connectivity index (χ3n) is 2.41. The Kier molecular flexibility index (Phi) is 4.25. The third-order valence-corrected chi connectivity index (χ3v) is 2.41. The first-order valence-corrected chi connectivity index (χ1v) is 6.02. The summed E-state index contributed by atoms with van der Waals surface area (Å²) in [5, 5.41) is 11.1. The molecule has 0 amide bonds. The highest BCUT2D eigenvalue weighted by atomic mass is 16.4. The minimum absolute atomic E-state index is 0.183. The van der Waals surface area contributed by atoms with Crippen LogP contribution in [0.4, 0.5) is 0 Å². The molecule has 96 valence electrons. The van der Waals surface area contributed by atoms with E-state index in [-0.39, 0.29) is 5.56 Å². The minimum Gasteiger partial charge on any atom is -0.419 e. The lowest BCUT2D eigenvalue weighted by atomic mass is 10.3. The molecule has 0 fully saturated rings. The van der Waals surface area contributed by atoms with Crippen molar-refractivity contribution in [3.8, 4) is 11.6 Å². The highest BCUT2D eigenvalue weighted by Gasteiger charge is 2.08. The van der Waals surface area contributed by atoms with Crippen molar-refractivity contribution in [1.82, 2.24) is 20.5 Å². The summed E-state index contributed by atoms with van der Waals surface area (Å²) in [7, 11) is 0. The number of rotatable bonds is 6. The van der Waals surface area contributed by atoms with Crippen LogP contribution in [0, 0.1) is 0 Å². The van der Waals surface area contributed by atoms with Gasteiger partial charge in [-0.15, -0.1) is 10.2 Å². The first-order valence-electron chi connectivity index (χ1n) is 6.02. The molecule has 0 unspecified atom stereocenters. The number of nitrogens with one attached hydrogen (secondary N) is 2. The average molecular weight is 248 g/mol. The van der Waals surface area contributed by atoms with Crippen molar-refractivity contribution in [2.24, 2.45) is 0 Å². The summed E-state index contributed by atoms with van der Waals surface area (Å²) >= 11 is 0. The zero-order valence-corrected chi connectivity index (χ0v) is 10.3. The van der Waals surface area contributed by atoms with Gasteiger partial charge in [-0.1, -0.05) is 13.0 Å². The van der Waals surface area contributed by atoms with Crippen LogP contribution in [-0.4, -0.2) is 28.3 Å². The fourth-order valence-corrected chi connectivity index (χ4v) is 1.53. The van der Waals surface area contributed by atoms with Crippen LogP contribution in [0.15, 0.2) is 27.4 Å². The van der Waals surface area contributed by atoms with Crippen molar-refractivity contribution >= 4 is 0 Å². The van der Waals surface area contributed by atoms with Crippen LogP contribution in [0.3, 0.4) is 0 Å². The van der Waals surface area contributed by atoms with Gasteiger partial charge in [0, 0.05) is 19.0 Å². The molecule has 0 radical (unpaired) electrons. The highest BCUT2D eigenvalue weighted by Crippen LogP contribution is 2.13. The monoisotopic (exact) mass is 248 g/mol. The second-order valence-corrected chi connectivity index (χ2v) is 3.93. The SMILES string of the molecule is CCCNCCc1nnc(-c2cccc(=O)[nH]2)o1. The van der Waals surface area contributed by atoms with Crippen LogP contribution in [-0.2, 0) is 6.42 Å². The summed E-state index contributed by atoms with van der Waals surface area (Å²) in [6, 6.07) is 4.82. The minimum atomic E-state index is -0.183. The van der Waals surface area contributed by atoms with Crippen molar-refractivity contribution in [3.63, 3.8) is 0 Å². The van der Waals surface area contributed by atoms with Gasteiger partial charge in [0.2, 0.25) is 11.4 Å². The number of aromatic amines is 1. The maximum atomic E-state index is 11.2. The summed E-state index contributed by atoms with van der Waals surface area (Å²) < 4.78 is 5.47. The average Bonchev–Trinajstić information content (AvgIpc) is 2.83. The fraction of sp³-hybridized carbons (Fsp3) is 0.417. The molecule has 6 nitrogen and oxygen atoms in total. The van der Waals surface area contributed by atoms with E-state index in [1.54, 1.807) is 12.1 Å². The predicted octanol–water partition coefficient (Wildman–Crippen LogP) is 0.967. The lowest BCUT2D eigenvalue weighted by Gasteiger charge is -1.98. The van der Waals surface area contributed by atoms with Crippen LogP contribution in [0.2, 0.25) is 0 Å². The second kappa shape index (κ2) is 6.11. The van der Waals surface area contributed by atoms with Gasteiger partial charge in [-0.05, 0) is 19.0 Å². The van der Waals surface area contributed by atoms with Crippen LogP contribution < -0.4 is 10.9 Å². The molecule has 0 aliphatic rings. The first kappa shape index (κ1) is 12.5. The maximum Gasteiger partial charge on any atom is 0.264 e. The van der Waals surface area contributed by atoms with Crippen LogP contribution in [0.5, 0.6) is 0 Å². The van der Waals surface area contributed by atoms with Gasteiger partial charge in [0.25, 0.3) is 5.89 Å². The molecule has 18 heavy (non-hydrogen) atoms. The molecule has 6 heteroatoms. The zero-order chi connectivity index (χ0) is 12.8. The zero-order valence-electron chi connectivity index (χ0n) is 10.3. The summed E-state index contributed by atoms with van der Waals surface area (Å²) in [6.45, 7) is 3.90. The highest BCUT2D eigenvalue weighted by molar-refractivity contribution is 5.44. The van der Waals surface area contributed by atoms with E-state index in [2.05, 4.69) is 27.4 Å². The largest absolute Gasteiger partial charge is 0.419 e. The van der Waals surface area contributed by atoms with Crippen LogP contribution in [0.1, 0.15) is 19.2 Å². The van der Waals surface area contributed by atoms with E-state index in [0.29, 0.717) is 23.9 Å². The van der Waals surface area contributed by atoms with Gasteiger partial charge < -0.3 is 14.7 Å². The molecule has 2 heterocycles. The lowest BCUT2D eigenvalue weighted by molar-refractivity contribution is 0.493. The fourth-order valence-electron chi connectivity index (χ4n) is 1.53. The van der Waals surface area contributed by atoms with Crippen molar-refractivity contribution in [2.75, 3.05) is 13.1 Å². The molecule has 0 bridgehead atoms. The Morgan fingerprint density at radius 1 is 1.33 bits per heavy atom. The number of H-pyrrole nitrogens is 1. The standard InChI is InChI=1S/C12H16N4O2/c1-2-7-13-8-6-11-15-16-12(18-11)9-4-3-5-10(17)14-9/h3-5,13H,2,6-8H2,1H3,(H,14,17). The molecule has 0 spiro atoms. The Morgan fingerprint density at radius 3 is 3.00 bits per heavy atom. The van der Waals surface area contributed by atoms with Gasteiger partial charge in [0.05, 0.1) is 0 Å². The summed E-state index contributed by atoms with van der Waals surface area (Å²) in [5.41, 5.74) is 0.361. The summed E-state index contributed by atoms with van der Waals surface area (Å²) in [5.74, 6) is 0.913. The molecule has 0 aliphatic heterocycles. The molecule has 0 aliphatic carbocycles. The lowest BCUT2D eigenvalue weighted by Crippen LogP contribution is -2.17. The van der Waals surface area contributed by atoms with Gasteiger partial charge in [0.1, 0.15) is 5.69 Å². The molecule has 0 saturated carbocycles. The number of hydrogen-bond donors (Lipinski definition) is 2. The van der Waals surface area contributed by atoms with E-state index < -0.39 is 0 Å². The van der Waals surface area contributed by atoms with E-state index in [1.165, 1.54) is 6.07 Å². The van der Waals surface area contributed by atoms with E-state index in [9.17, 15) is 4.79 Å². The smallest absolute Gasteiger partial charge is 0.264 e. The topological polar surface area (TPSA) is 83.8 Å². The molecular formula is C12H16N4O2. The number of hydrogen-bond acceptors (Lipinski definition) is 5. The number of nitrogens with zero attached hydrogens (tertiary/aromatic N) is 2. The number of pyridine rings is 1. The Hall–Kier alpha value is -1.95. The van der Waals surface area contributed by atoms with Crippen LogP contribution in [0.25, 0.3) is 11.6 Å². The Morgan fingerprint density at radius 2 is 2.22 bits per heavy atom. The Labute approximate surface area is 104 Å². The summed E-state index contributed by atoms with van der Waals surface area (Å²) in [4.78, 5) is 13.8. The van der Waals surface area contributed by atoms with Crippen molar-refractivity contribution in [3.05, 3.63) is 34.4 Å². The quantitative estimate of drug-likeness (QED) is 0.744. The third kappa shape index (κ3) is 3.27. The van der Waals surface area contributed by atoms with E-state index in [4.69, 9.17) is 4.42 Å². The normalized spacial score (nSPS) is 10.7. The molecular weight excluding hydrogens is 232 g/mol. The van der Waals surface area contributed by atoms with Crippen molar-refractivity contribution < 1.29 is 4.42 Å². The second-order valence-electron chi connectivity index (χ2n) is 3.93. The molecule has 0 aromatic carbocycles. The molecule has 2 N–H and O–H groups in total. The van der Waals surface area contributed by atoms with Crippen molar-refractivity contribution in [1.29, 1.82) is 0 Å². The molecule has 0 saturated heterocycles. The van der Waals surface area contributed by atoms with E-state index in [0.717, 1.165) is 19.5 Å². The van der Waals surface area contributed by atoms with Gasteiger partial charge in [-0.3, -0.25) is 4.79 Å². The van der Waals surface area contributed by atoms with Gasteiger partial charge in [-0.2, -0.15) is 0 Å². The van der Waals surface area contributed by atoms with Crippen LogP contribution >= 0.6 is 0 Å². The van der Waals surface area contributed by atoms with E-state index in [1.807, 2.05) is 0 Å². The number of aromatic nitrogens is 3. The van der Waals surface area contributed by atoms with Gasteiger partial charge in [0.15, 0.2) is 0 Å². The van der Waals surface area contributed by atoms with Gasteiger partial charge >= 0.3 is 0 Å². The maximum absolute atomic E-state index is 11.2. The van der Waals surface area contributed by atoms with E-state index >= 15 is 0 Å². The first-order chi connectivity index (χ1) is 8.79. The molecule has 0 atom stereocenters. The summed E-state index contributed by atoms with van der Waals surface area (Å²) in [6.07, 6.45) is 1.78. The van der Waals surface area contributed by atoms with Gasteiger partial charge in [-0.25, -0.2) is 0 Å². The van der Waals surface area contributed by atoms with Crippen molar-refractivity contribution in [2.45, 2.75) is 19.8 Å².